The normalized spacial score (nSPS) is 17.3. The zero-order chi connectivity index (χ0) is 19.4. The van der Waals surface area contributed by atoms with Crippen molar-refractivity contribution in [2.45, 2.75) is 33.1 Å². The maximum Gasteiger partial charge on any atom is 0.335 e. The SMILES string of the molecule is CCN(C1=C(C)C=C(C(=O)N2CCCCC2)CN1)c1ccc(C(=O)O)cc1. The number of hydrogen-bond acceptors (Lipinski definition) is 4. The predicted molar refractivity (Wildman–Crippen MR) is 106 cm³/mol. The Labute approximate surface area is 160 Å². The van der Waals surface area contributed by atoms with Crippen LogP contribution in [0.1, 0.15) is 43.5 Å². The first-order valence-corrected chi connectivity index (χ1v) is 9.56. The fourth-order valence-corrected chi connectivity index (χ4v) is 3.70. The van der Waals surface area contributed by atoms with Crippen molar-refractivity contribution in [3.8, 4) is 0 Å². The predicted octanol–water partition coefficient (Wildman–Crippen LogP) is 2.98. The van der Waals surface area contributed by atoms with Gasteiger partial charge in [0, 0.05) is 37.4 Å². The van der Waals surface area contributed by atoms with Gasteiger partial charge in [-0.05, 0) is 69.0 Å². The van der Waals surface area contributed by atoms with Gasteiger partial charge < -0.3 is 20.2 Å². The second-order valence-electron chi connectivity index (χ2n) is 7.00. The van der Waals surface area contributed by atoms with Crippen molar-refractivity contribution in [1.82, 2.24) is 10.2 Å². The van der Waals surface area contributed by atoms with E-state index in [4.69, 9.17) is 5.11 Å². The summed E-state index contributed by atoms with van der Waals surface area (Å²) in [5, 5.41) is 12.5. The summed E-state index contributed by atoms with van der Waals surface area (Å²) >= 11 is 0. The van der Waals surface area contributed by atoms with Crippen LogP contribution in [0.3, 0.4) is 0 Å². The van der Waals surface area contributed by atoms with E-state index < -0.39 is 5.97 Å². The molecule has 1 fully saturated rings. The number of likely N-dealkylation sites (tertiary alicyclic amines) is 1. The smallest absolute Gasteiger partial charge is 0.335 e. The summed E-state index contributed by atoms with van der Waals surface area (Å²) in [7, 11) is 0. The molecule has 2 N–H and O–H groups in total. The van der Waals surface area contributed by atoms with Crippen LogP contribution in [0.25, 0.3) is 0 Å². The minimum atomic E-state index is -0.931. The lowest BCUT2D eigenvalue weighted by atomic mass is 10.0. The van der Waals surface area contributed by atoms with Gasteiger partial charge in [-0.1, -0.05) is 0 Å². The van der Waals surface area contributed by atoms with Gasteiger partial charge in [0.25, 0.3) is 5.91 Å². The van der Waals surface area contributed by atoms with Gasteiger partial charge in [-0.2, -0.15) is 0 Å². The maximum absolute atomic E-state index is 12.7. The molecule has 0 saturated carbocycles. The number of carboxylic acids is 1. The number of amides is 1. The van der Waals surface area contributed by atoms with E-state index in [0.29, 0.717) is 6.54 Å². The summed E-state index contributed by atoms with van der Waals surface area (Å²) in [5.41, 5.74) is 3.00. The van der Waals surface area contributed by atoms with Crippen molar-refractivity contribution in [3.05, 3.63) is 52.9 Å². The first-order chi connectivity index (χ1) is 13.0. The van der Waals surface area contributed by atoms with Crippen molar-refractivity contribution < 1.29 is 14.7 Å². The fourth-order valence-electron chi connectivity index (χ4n) is 3.70. The van der Waals surface area contributed by atoms with Crippen LogP contribution in [0.2, 0.25) is 0 Å². The lowest BCUT2D eigenvalue weighted by molar-refractivity contribution is -0.128. The second-order valence-corrected chi connectivity index (χ2v) is 7.00. The lowest BCUT2D eigenvalue weighted by Crippen LogP contribution is -2.42. The Kier molecular flexibility index (Phi) is 5.84. The molecule has 6 nitrogen and oxygen atoms in total. The van der Waals surface area contributed by atoms with E-state index in [1.54, 1.807) is 12.1 Å². The van der Waals surface area contributed by atoms with Crippen molar-refractivity contribution >= 4 is 17.6 Å². The molecule has 0 aromatic heterocycles. The second kappa shape index (κ2) is 8.29. The van der Waals surface area contributed by atoms with E-state index >= 15 is 0 Å². The molecule has 2 aliphatic heterocycles. The van der Waals surface area contributed by atoms with Gasteiger partial charge >= 0.3 is 5.97 Å². The topological polar surface area (TPSA) is 72.9 Å². The van der Waals surface area contributed by atoms with Crippen molar-refractivity contribution in [2.75, 3.05) is 31.1 Å². The number of nitrogens with zero attached hydrogens (tertiary/aromatic N) is 2. The number of carbonyl (C=O) groups excluding carboxylic acids is 1. The monoisotopic (exact) mass is 369 g/mol. The third kappa shape index (κ3) is 4.15. The largest absolute Gasteiger partial charge is 0.478 e. The summed E-state index contributed by atoms with van der Waals surface area (Å²) in [4.78, 5) is 27.9. The molecule has 27 heavy (non-hydrogen) atoms. The van der Waals surface area contributed by atoms with E-state index in [1.807, 2.05) is 37.0 Å². The average molecular weight is 369 g/mol. The number of allylic oxidation sites excluding steroid dienone is 2. The molecule has 1 aromatic carbocycles. The first kappa shape index (κ1) is 19.0. The number of anilines is 1. The number of piperidine rings is 1. The van der Waals surface area contributed by atoms with E-state index in [-0.39, 0.29) is 11.5 Å². The van der Waals surface area contributed by atoms with Gasteiger partial charge in [-0.15, -0.1) is 0 Å². The molecule has 2 aliphatic rings. The highest BCUT2D eigenvalue weighted by Gasteiger charge is 2.24. The summed E-state index contributed by atoms with van der Waals surface area (Å²) in [6.45, 7) is 6.98. The van der Waals surface area contributed by atoms with Crippen LogP contribution in [0.5, 0.6) is 0 Å². The van der Waals surface area contributed by atoms with Crippen LogP contribution >= 0.6 is 0 Å². The van der Waals surface area contributed by atoms with Gasteiger partial charge in [0.1, 0.15) is 5.82 Å². The van der Waals surface area contributed by atoms with E-state index in [9.17, 15) is 9.59 Å². The van der Waals surface area contributed by atoms with Crippen LogP contribution in [0, 0.1) is 0 Å². The standard InChI is InChI=1S/C21H27N3O3/c1-3-24(18-9-7-16(8-10-18)21(26)27)19-15(2)13-17(14-22-19)20(25)23-11-5-4-6-12-23/h7-10,13,22H,3-6,11-12,14H2,1-2H3,(H,26,27). The quantitative estimate of drug-likeness (QED) is 0.835. The Bertz CT molecular complexity index is 774. The zero-order valence-corrected chi connectivity index (χ0v) is 16.0. The average Bonchev–Trinajstić information content (AvgIpc) is 2.70. The molecule has 1 saturated heterocycles. The minimum absolute atomic E-state index is 0.134. The molecule has 0 bridgehead atoms. The molecule has 144 valence electrons. The third-order valence-corrected chi connectivity index (χ3v) is 5.14. The summed E-state index contributed by atoms with van der Waals surface area (Å²) in [5.74, 6) is 0.157. The lowest BCUT2D eigenvalue weighted by Gasteiger charge is -2.33. The highest BCUT2D eigenvalue weighted by atomic mass is 16.4. The van der Waals surface area contributed by atoms with Crippen molar-refractivity contribution in [3.63, 3.8) is 0 Å². The van der Waals surface area contributed by atoms with Crippen LogP contribution in [0.4, 0.5) is 5.69 Å². The van der Waals surface area contributed by atoms with Crippen LogP contribution < -0.4 is 10.2 Å². The minimum Gasteiger partial charge on any atom is -0.478 e. The molecule has 0 atom stereocenters. The number of rotatable bonds is 5. The number of nitrogens with one attached hydrogen (secondary N) is 1. The van der Waals surface area contributed by atoms with Gasteiger partial charge in [0.2, 0.25) is 0 Å². The molecule has 1 amide bonds. The van der Waals surface area contributed by atoms with Crippen molar-refractivity contribution in [1.29, 1.82) is 0 Å². The van der Waals surface area contributed by atoms with Crippen LogP contribution in [0.15, 0.2) is 47.3 Å². The van der Waals surface area contributed by atoms with Crippen LogP contribution in [-0.2, 0) is 4.79 Å². The molecule has 3 rings (SSSR count). The third-order valence-electron chi connectivity index (χ3n) is 5.14. The number of carbonyl (C=O) groups is 2. The Morgan fingerprint density at radius 1 is 1.15 bits per heavy atom. The van der Waals surface area contributed by atoms with Gasteiger partial charge in [0.15, 0.2) is 0 Å². The Balaban J connectivity index is 1.81. The Hall–Kier alpha value is -2.76. The number of dihydropyridines is 1. The number of carboxylic acid groups (broad SMARTS) is 1. The molecule has 1 aromatic rings. The Morgan fingerprint density at radius 2 is 1.81 bits per heavy atom. The van der Waals surface area contributed by atoms with Crippen molar-refractivity contribution in [2.24, 2.45) is 0 Å². The highest BCUT2D eigenvalue weighted by molar-refractivity contribution is 5.95. The summed E-state index contributed by atoms with van der Waals surface area (Å²) in [6.07, 6.45) is 5.36. The van der Waals surface area contributed by atoms with Gasteiger partial charge in [-0.3, -0.25) is 4.79 Å². The van der Waals surface area contributed by atoms with Gasteiger partial charge in [-0.25, -0.2) is 4.79 Å². The van der Waals surface area contributed by atoms with Crippen LogP contribution in [-0.4, -0.2) is 48.1 Å². The molecule has 6 heteroatoms. The van der Waals surface area contributed by atoms with Gasteiger partial charge in [0.05, 0.1) is 5.56 Å². The van der Waals surface area contributed by atoms with E-state index in [2.05, 4.69) is 10.2 Å². The fraction of sp³-hybridized carbons (Fsp3) is 0.429. The molecular formula is C21H27N3O3. The summed E-state index contributed by atoms with van der Waals surface area (Å²) < 4.78 is 0. The molecule has 0 radical (unpaired) electrons. The number of benzene rings is 1. The molecule has 0 aliphatic carbocycles. The van der Waals surface area contributed by atoms with E-state index in [0.717, 1.165) is 55.1 Å². The van der Waals surface area contributed by atoms with E-state index in [1.165, 1.54) is 6.42 Å². The number of aromatic carboxylic acids is 1. The zero-order valence-electron chi connectivity index (χ0n) is 16.0. The molecular weight excluding hydrogens is 342 g/mol. The molecule has 2 heterocycles. The first-order valence-electron chi connectivity index (χ1n) is 9.56. The highest BCUT2D eigenvalue weighted by Crippen LogP contribution is 2.24. The Morgan fingerprint density at radius 3 is 2.37 bits per heavy atom. The molecule has 0 unspecified atom stereocenters. The summed E-state index contributed by atoms with van der Waals surface area (Å²) in [6, 6.07) is 6.85. The molecule has 0 spiro atoms. The maximum atomic E-state index is 12.7. The number of hydrogen-bond donors (Lipinski definition) is 2.